The molecule has 2 atom stereocenters. The Morgan fingerprint density at radius 3 is 2.53 bits per heavy atom. The molecule has 0 saturated heterocycles. The van der Waals surface area contributed by atoms with Crippen molar-refractivity contribution in [3.8, 4) is 5.75 Å². The van der Waals surface area contributed by atoms with Crippen LogP contribution in [-0.2, 0) is 24.8 Å². The highest BCUT2D eigenvalue weighted by Crippen LogP contribution is 2.20. The number of ether oxygens (including phenoxy) is 1. The molecule has 0 bridgehead atoms. The largest absolute Gasteiger partial charge is 0.491 e. The van der Waals surface area contributed by atoms with Crippen LogP contribution in [0.2, 0.25) is 5.02 Å². The average molecular weight is 514 g/mol. The number of nitrogens with zero attached hydrogens (tertiary/aromatic N) is 3. The zero-order chi connectivity index (χ0) is 25.8. The van der Waals surface area contributed by atoms with Crippen LogP contribution in [0, 0.1) is 0 Å². The summed E-state index contributed by atoms with van der Waals surface area (Å²) in [7, 11) is 1.43. The van der Waals surface area contributed by atoms with Gasteiger partial charge >= 0.3 is 11.7 Å². The van der Waals surface area contributed by atoms with Crippen LogP contribution in [0.25, 0.3) is 11.2 Å². The lowest BCUT2D eigenvalue weighted by Crippen LogP contribution is -2.34. The molecule has 4 rings (SSSR count). The van der Waals surface area contributed by atoms with Gasteiger partial charge in [-0.25, -0.2) is 9.59 Å². The number of imidazole rings is 1. The van der Waals surface area contributed by atoms with Crippen LogP contribution in [0.3, 0.4) is 0 Å². The van der Waals surface area contributed by atoms with E-state index in [0.717, 1.165) is 10.1 Å². The lowest BCUT2D eigenvalue weighted by atomic mass is 10.1. The standard InChI is InChI=1S/C24H24ClN5O6/c1-29-20-19(21(32)28-24(29)35)30(12-16(31)13-36-17-9-7-15(25)8-10-17)23(27-20)26-18(22(33)34)11-14-5-3-2-4-6-14/h2-10,16,18,31H,11-13H2,1H3,(H,26,27)(H,33,34)(H,28,32,35). The molecule has 0 amide bonds. The molecule has 2 aromatic heterocycles. The molecule has 0 aliphatic rings. The van der Waals surface area contributed by atoms with Crippen LogP contribution in [0.1, 0.15) is 5.56 Å². The molecule has 0 saturated carbocycles. The Morgan fingerprint density at radius 1 is 1.17 bits per heavy atom. The number of rotatable bonds is 10. The van der Waals surface area contributed by atoms with Gasteiger partial charge in [-0.3, -0.25) is 14.3 Å². The summed E-state index contributed by atoms with van der Waals surface area (Å²) in [6.45, 7) is -0.290. The maximum absolute atomic E-state index is 12.7. The number of aromatic amines is 1. The Hall–Kier alpha value is -4.09. The fourth-order valence-corrected chi connectivity index (χ4v) is 3.84. The fourth-order valence-electron chi connectivity index (χ4n) is 3.71. The number of H-pyrrole nitrogens is 1. The first-order valence-electron chi connectivity index (χ1n) is 11.0. The smallest absolute Gasteiger partial charge is 0.329 e. The van der Waals surface area contributed by atoms with Gasteiger partial charge in [0.2, 0.25) is 5.95 Å². The Kier molecular flexibility index (Phi) is 7.41. The Morgan fingerprint density at radius 2 is 1.86 bits per heavy atom. The molecule has 2 aromatic carbocycles. The zero-order valence-corrected chi connectivity index (χ0v) is 20.0. The predicted octanol–water partition coefficient (Wildman–Crippen LogP) is 1.62. The van der Waals surface area contributed by atoms with E-state index in [1.165, 1.54) is 11.6 Å². The third kappa shape index (κ3) is 5.58. The Labute approximate surface area is 209 Å². The maximum atomic E-state index is 12.7. The average Bonchev–Trinajstić information content (AvgIpc) is 3.20. The molecule has 0 aliphatic heterocycles. The van der Waals surface area contributed by atoms with Gasteiger partial charge in [-0.15, -0.1) is 0 Å². The van der Waals surface area contributed by atoms with E-state index in [2.05, 4.69) is 15.3 Å². The van der Waals surface area contributed by atoms with E-state index in [1.54, 1.807) is 48.5 Å². The topological polar surface area (TPSA) is 151 Å². The molecular formula is C24H24ClN5O6. The highest BCUT2D eigenvalue weighted by atomic mass is 35.5. The number of fused-ring (bicyclic) bond motifs is 1. The number of halogens is 1. The fraction of sp³-hybridized carbons (Fsp3) is 0.250. The highest BCUT2D eigenvalue weighted by molar-refractivity contribution is 6.30. The van der Waals surface area contributed by atoms with Crippen molar-refractivity contribution in [2.75, 3.05) is 11.9 Å². The first-order chi connectivity index (χ1) is 17.2. The number of aliphatic carboxylic acids is 1. The molecule has 2 unspecified atom stereocenters. The van der Waals surface area contributed by atoms with Crippen molar-refractivity contribution >= 4 is 34.7 Å². The lowest BCUT2D eigenvalue weighted by Gasteiger charge is -2.19. The Balaban J connectivity index is 1.66. The number of aliphatic hydroxyl groups is 1. The summed E-state index contributed by atoms with van der Waals surface area (Å²) in [5.41, 5.74) is -0.555. The van der Waals surface area contributed by atoms with Gasteiger partial charge in [0, 0.05) is 18.5 Å². The third-order valence-corrected chi connectivity index (χ3v) is 5.79. The predicted molar refractivity (Wildman–Crippen MR) is 134 cm³/mol. The van der Waals surface area contributed by atoms with Crippen LogP contribution < -0.4 is 21.3 Å². The molecular weight excluding hydrogens is 490 g/mol. The molecule has 0 radical (unpaired) electrons. The Bertz CT molecular complexity index is 1480. The molecule has 4 aromatic rings. The number of carboxylic acids is 1. The first-order valence-corrected chi connectivity index (χ1v) is 11.4. The maximum Gasteiger partial charge on any atom is 0.329 e. The van der Waals surface area contributed by atoms with E-state index in [0.29, 0.717) is 10.8 Å². The summed E-state index contributed by atoms with van der Waals surface area (Å²) < 4.78 is 8.09. The molecule has 11 nitrogen and oxygen atoms in total. The summed E-state index contributed by atoms with van der Waals surface area (Å²) >= 11 is 5.87. The van der Waals surface area contributed by atoms with E-state index in [9.17, 15) is 24.6 Å². The number of hydrogen-bond acceptors (Lipinski definition) is 7. The summed E-state index contributed by atoms with van der Waals surface area (Å²) in [6, 6.07) is 14.5. The van der Waals surface area contributed by atoms with Crippen molar-refractivity contribution in [1.29, 1.82) is 0 Å². The second kappa shape index (κ2) is 10.7. The number of carboxylic acid groups (broad SMARTS) is 1. The van der Waals surface area contributed by atoms with Gasteiger partial charge in [-0.2, -0.15) is 4.98 Å². The van der Waals surface area contributed by atoms with Gasteiger partial charge in [-0.05, 0) is 29.8 Å². The van der Waals surface area contributed by atoms with Crippen LogP contribution in [0.5, 0.6) is 5.75 Å². The van der Waals surface area contributed by atoms with E-state index in [1.807, 2.05) is 6.07 Å². The summed E-state index contributed by atoms with van der Waals surface area (Å²) in [6.07, 6.45) is -0.968. The van der Waals surface area contributed by atoms with Crippen LogP contribution in [0.4, 0.5) is 5.95 Å². The number of hydrogen-bond donors (Lipinski definition) is 4. The minimum atomic E-state index is -1.13. The molecule has 0 spiro atoms. The molecule has 188 valence electrons. The molecule has 36 heavy (non-hydrogen) atoms. The van der Waals surface area contributed by atoms with Crippen molar-refractivity contribution < 1.29 is 19.7 Å². The molecule has 12 heteroatoms. The van der Waals surface area contributed by atoms with Gasteiger partial charge < -0.3 is 24.8 Å². The number of aliphatic hydroxyl groups excluding tert-OH is 1. The monoisotopic (exact) mass is 513 g/mol. The second-order valence-electron chi connectivity index (χ2n) is 8.18. The lowest BCUT2D eigenvalue weighted by molar-refractivity contribution is -0.137. The summed E-state index contributed by atoms with van der Waals surface area (Å²) in [5, 5.41) is 23.9. The van der Waals surface area contributed by atoms with Gasteiger partial charge in [0.25, 0.3) is 5.56 Å². The number of carbonyl (C=O) groups is 1. The van der Waals surface area contributed by atoms with Crippen LogP contribution in [0.15, 0.2) is 64.2 Å². The van der Waals surface area contributed by atoms with Crippen LogP contribution in [-0.4, -0.2) is 54.0 Å². The molecule has 4 N–H and O–H groups in total. The normalized spacial score (nSPS) is 12.9. The van der Waals surface area contributed by atoms with Crippen molar-refractivity contribution in [3.63, 3.8) is 0 Å². The molecule has 0 fully saturated rings. The number of benzene rings is 2. The van der Waals surface area contributed by atoms with E-state index >= 15 is 0 Å². The second-order valence-corrected chi connectivity index (χ2v) is 8.62. The zero-order valence-electron chi connectivity index (χ0n) is 19.2. The van der Waals surface area contributed by atoms with Crippen molar-refractivity contribution in [2.24, 2.45) is 7.05 Å². The van der Waals surface area contributed by atoms with Crippen molar-refractivity contribution in [3.05, 3.63) is 86.0 Å². The third-order valence-electron chi connectivity index (χ3n) is 5.54. The SMILES string of the molecule is Cn1c(=O)[nH]c(=O)c2c1nc(NC(Cc1ccccc1)C(=O)O)n2CC(O)COc1ccc(Cl)cc1. The van der Waals surface area contributed by atoms with E-state index in [-0.39, 0.29) is 36.7 Å². The van der Waals surface area contributed by atoms with E-state index < -0.39 is 29.4 Å². The quantitative estimate of drug-likeness (QED) is 0.250. The number of aryl methyl sites for hydroxylation is 1. The van der Waals surface area contributed by atoms with Crippen molar-refractivity contribution in [1.82, 2.24) is 19.1 Å². The number of aromatic nitrogens is 4. The minimum Gasteiger partial charge on any atom is -0.491 e. The van der Waals surface area contributed by atoms with Gasteiger partial charge in [0.05, 0.1) is 6.54 Å². The van der Waals surface area contributed by atoms with Gasteiger partial charge in [-0.1, -0.05) is 41.9 Å². The minimum absolute atomic E-state index is 0.00833. The number of nitrogens with one attached hydrogen (secondary N) is 2. The molecule has 0 aliphatic carbocycles. The van der Waals surface area contributed by atoms with Crippen LogP contribution >= 0.6 is 11.6 Å². The summed E-state index contributed by atoms with van der Waals surface area (Å²) in [4.78, 5) is 43.4. The first kappa shape index (κ1) is 25.0. The molecule has 2 heterocycles. The van der Waals surface area contributed by atoms with Gasteiger partial charge in [0.1, 0.15) is 24.5 Å². The van der Waals surface area contributed by atoms with Gasteiger partial charge in [0.15, 0.2) is 11.2 Å². The highest BCUT2D eigenvalue weighted by Gasteiger charge is 2.25. The van der Waals surface area contributed by atoms with E-state index in [4.69, 9.17) is 16.3 Å². The number of anilines is 1. The van der Waals surface area contributed by atoms with Crippen molar-refractivity contribution in [2.45, 2.75) is 25.1 Å². The summed E-state index contributed by atoms with van der Waals surface area (Å²) in [5.74, 6) is -0.626.